The molecule has 0 saturated carbocycles. The van der Waals surface area contributed by atoms with Crippen molar-refractivity contribution < 1.29 is 18.7 Å². The number of halogens is 1. The van der Waals surface area contributed by atoms with E-state index in [4.69, 9.17) is 10.5 Å². The van der Waals surface area contributed by atoms with Crippen LogP contribution in [0.15, 0.2) is 38.8 Å². The van der Waals surface area contributed by atoms with E-state index >= 15 is 0 Å². The summed E-state index contributed by atoms with van der Waals surface area (Å²) in [6.45, 7) is -0.661. The van der Waals surface area contributed by atoms with Crippen LogP contribution in [0, 0.1) is 5.82 Å². The molecule has 0 saturated heterocycles. The predicted molar refractivity (Wildman–Crippen MR) is 93.7 cm³/mol. The molecule has 3 N–H and O–H groups in total. The number of H-pyrrole nitrogens is 1. The number of carbonyl (C=O) groups is 2. The molecule has 1 heterocycles. The molecule has 0 amide bonds. The van der Waals surface area contributed by atoms with Gasteiger partial charge in [0.15, 0.2) is 6.61 Å². The maximum Gasteiger partial charge on any atom is 0.329 e. The molecule has 0 spiro atoms. The minimum absolute atomic E-state index is 0.0223. The fraction of sp³-hybridized carbons (Fsp3) is 0.250. The molecule has 0 bridgehead atoms. The number of nitrogen functional groups attached to an aromatic ring is 1. The van der Waals surface area contributed by atoms with Gasteiger partial charge in [0.25, 0.3) is 5.56 Å². The first-order valence-electron chi connectivity index (χ1n) is 7.45. The molecule has 8 nitrogen and oxygen atoms in total. The average molecular weight is 381 g/mol. The Kier molecular flexibility index (Phi) is 6.34. The van der Waals surface area contributed by atoms with Crippen LogP contribution in [0.1, 0.15) is 16.8 Å². The number of esters is 1. The largest absolute Gasteiger partial charge is 0.457 e. The zero-order valence-corrected chi connectivity index (χ0v) is 14.6. The lowest BCUT2D eigenvalue weighted by Gasteiger charge is -2.08. The number of carbonyl (C=O) groups excluding carboxylic acids is 2. The van der Waals surface area contributed by atoms with Crippen LogP contribution in [0.3, 0.4) is 0 Å². The van der Waals surface area contributed by atoms with Crippen molar-refractivity contribution in [1.29, 1.82) is 0 Å². The summed E-state index contributed by atoms with van der Waals surface area (Å²) in [6.07, 6.45) is 0.0223. The summed E-state index contributed by atoms with van der Waals surface area (Å²) >= 11 is 1.33. The van der Waals surface area contributed by atoms with Crippen LogP contribution in [0.2, 0.25) is 0 Å². The number of ketones is 1. The molecule has 1 aromatic carbocycles. The number of ether oxygens (including phenoxy) is 1. The minimum Gasteiger partial charge on any atom is -0.457 e. The Balaban J connectivity index is 1.86. The third kappa shape index (κ3) is 4.82. The molecular weight excluding hydrogens is 365 g/mol. The van der Waals surface area contributed by atoms with E-state index in [1.165, 1.54) is 30.9 Å². The van der Waals surface area contributed by atoms with Crippen molar-refractivity contribution in [2.75, 3.05) is 18.1 Å². The summed E-state index contributed by atoms with van der Waals surface area (Å²) in [6, 6.07) is 5.80. The first-order chi connectivity index (χ1) is 12.3. The third-order valence-corrected chi connectivity index (χ3v) is 4.42. The molecule has 2 rings (SSSR count). The van der Waals surface area contributed by atoms with Gasteiger partial charge in [-0.05, 0) is 24.3 Å². The number of nitrogens with one attached hydrogen (secondary N) is 1. The lowest BCUT2D eigenvalue weighted by Crippen LogP contribution is -2.35. The number of Topliss-reactive ketones (excluding diaryl/α,β-unsaturated/α-hetero) is 1. The van der Waals surface area contributed by atoms with Gasteiger partial charge in [0.2, 0.25) is 5.78 Å². The van der Waals surface area contributed by atoms with Crippen molar-refractivity contribution in [3.8, 4) is 0 Å². The molecule has 26 heavy (non-hydrogen) atoms. The number of aromatic amines is 1. The zero-order valence-electron chi connectivity index (χ0n) is 13.8. The van der Waals surface area contributed by atoms with Gasteiger partial charge in [-0.25, -0.2) is 9.18 Å². The highest BCUT2D eigenvalue weighted by atomic mass is 32.2. The van der Waals surface area contributed by atoms with E-state index in [-0.39, 0.29) is 18.1 Å². The molecule has 0 radical (unpaired) electrons. The molecule has 10 heteroatoms. The van der Waals surface area contributed by atoms with Gasteiger partial charge >= 0.3 is 11.7 Å². The van der Waals surface area contributed by atoms with E-state index < -0.39 is 35.2 Å². The first kappa shape index (κ1) is 19.4. The van der Waals surface area contributed by atoms with E-state index in [1.54, 1.807) is 12.1 Å². The normalized spacial score (nSPS) is 10.5. The number of hydrogen-bond donors (Lipinski definition) is 2. The molecule has 2 aromatic rings. The topological polar surface area (TPSA) is 124 Å². The van der Waals surface area contributed by atoms with E-state index in [1.807, 2.05) is 4.98 Å². The number of aromatic nitrogens is 2. The number of nitrogens with two attached hydrogens (primary N) is 1. The van der Waals surface area contributed by atoms with Crippen LogP contribution >= 0.6 is 11.8 Å². The number of benzene rings is 1. The van der Waals surface area contributed by atoms with Crippen molar-refractivity contribution in [2.45, 2.75) is 11.3 Å². The van der Waals surface area contributed by atoms with Crippen LogP contribution in [0.5, 0.6) is 0 Å². The summed E-state index contributed by atoms with van der Waals surface area (Å²) < 4.78 is 18.5. The Morgan fingerprint density at radius 2 is 1.92 bits per heavy atom. The maximum absolute atomic E-state index is 12.8. The van der Waals surface area contributed by atoms with Crippen LogP contribution in [0.25, 0.3) is 0 Å². The Bertz CT molecular complexity index is 936. The molecule has 0 atom stereocenters. The highest BCUT2D eigenvalue weighted by Crippen LogP contribution is 2.19. The molecule has 138 valence electrons. The quantitative estimate of drug-likeness (QED) is 0.411. The maximum atomic E-state index is 12.8. The van der Waals surface area contributed by atoms with Crippen molar-refractivity contribution in [1.82, 2.24) is 9.55 Å². The van der Waals surface area contributed by atoms with Crippen molar-refractivity contribution >= 4 is 29.3 Å². The second kappa shape index (κ2) is 8.48. The minimum atomic E-state index is -0.932. The summed E-state index contributed by atoms with van der Waals surface area (Å²) in [5.41, 5.74) is 3.49. The molecular formula is C16H16FN3O5S. The average Bonchev–Trinajstić information content (AvgIpc) is 2.60. The molecule has 0 aliphatic rings. The van der Waals surface area contributed by atoms with Crippen LogP contribution < -0.4 is 17.0 Å². The Labute approximate surface area is 151 Å². The van der Waals surface area contributed by atoms with E-state index in [0.29, 0.717) is 5.75 Å². The lowest BCUT2D eigenvalue weighted by molar-refractivity contribution is -0.141. The fourth-order valence-corrected chi connectivity index (χ4v) is 2.81. The highest BCUT2D eigenvalue weighted by molar-refractivity contribution is 7.99. The third-order valence-electron chi connectivity index (χ3n) is 3.40. The Morgan fingerprint density at radius 1 is 1.27 bits per heavy atom. The smallest absolute Gasteiger partial charge is 0.329 e. The van der Waals surface area contributed by atoms with Gasteiger partial charge in [-0.15, -0.1) is 11.8 Å². The van der Waals surface area contributed by atoms with E-state index in [2.05, 4.69) is 0 Å². The SMILES string of the molecule is Cn1c(N)c(C(=O)COC(=O)CCSc2ccc(F)cc2)c(=O)[nH]c1=O. The van der Waals surface area contributed by atoms with Crippen LogP contribution in [-0.4, -0.2) is 33.7 Å². The fourth-order valence-electron chi connectivity index (χ4n) is 1.98. The summed E-state index contributed by atoms with van der Waals surface area (Å²) in [7, 11) is 1.29. The van der Waals surface area contributed by atoms with Crippen molar-refractivity contribution in [3.63, 3.8) is 0 Å². The zero-order chi connectivity index (χ0) is 19.3. The van der Waals surface area contributed by atoms with Crippen LogP contribution in [-0.2, 0) is 16.6 Å². The molecule has 0 fully saturated rings. The van der Waals surface area contributed by atoms with Crippen molar-refractivity contribution in [2.24, 2.45) is 7.05 Å². The van der Waals surface area contributed by atoms with Gasteiger partial charge in [0.1, 0.15) is 17.2 Å². The Hall–Kier alpha value is -2.88. The number of thioether (sulfide) groups is 1. The monoisotopic (exact) mass is 381 g/mol. The van der Waals surface area contributed by atoms with Gasteiger partial charge in [0.05, 0.1) is 6.42 Å². The van der Waals surface area contributed by atoms with E-state index in [0.717, 1.165) is 9.46 Å². The van der Waals surface area contributed by atoms with Gasteiger partial charge in [-0.2, -0.15) is 0 Å². The predicted octanol–water partition coefficient (Wildman–Crippen LogP) is 0.703. The van der Waals surface area contributed by atoms with Gasteiger partial charge < -0.3 is 10.5 Å². The van der Waals surface area contributed by atoms with Gasteiger partial charge in [0, 0.05) is 17.7 Å². The molecule has 1 aromatic heterocycles. The standard InChI is InChI=1S/C16H16FN3O5S/c1-20-14(18)13(15(23)19-16(20)24)11(21)8-25-12(22)6-7-26-10-4-2-9(17)3-5-10/h2-5H,6-8,18H2,1H3,(H,19,23,24). The van der Waals surface area contributed by atoms with Crippen molar-refractivity contribution in [3.05, 3.63) is 56.5 Å². The number of hydrogen-bond acceptors (Lipinski definition) is 7. The van der Waals surface area contributed by atoms with Crippen LogP contribution in [0.4, 0.5) is 10.2 Å². The Morgan fingerprint density at radius 3 is 2.58 bits per heavy atom. The van der Waals surface area contributed by atoms with E-state index in [9.17, 15) is 23.6 Å². The lowest BCUT2D eigenvalue weighted by atomic mass is 10.2. The summed E-state index contributed by atoms with van der Waals surface area (Å²) in [5, 5.41) is 0. The first-order valence-corrected chi connectivity index (χ1v) is 8.44. The second-order valence-corrected chi connectivity index (χ2v) is 6.38. The molecule has 0 aliphatic heterocycles. The van der Waals surface area contributed by atoms with Gasteiger partial charge in [-0.3, -0.25) is 23.9 Å². The number of anilines is 1. The second-order valence-electron chi connectivity index (χ2n) is 5.21. The molecule has 0 unspecified atom stereocenters. The molecule has 0 aliphatic carbocycles. The number of rotatable bonds is 7. The summed E-state index contributed by atoms with van der Waals surface area (Å²) in [5.74, 6) is -1.71. The number of nitrogens with zero attached hydrogens (tertiary/aromatic N) is 1. The van der Waals surface area contributed by atoms with Gasteiger partial charge in [-0.1, -0.05) is 0 Å². The highest BCUT2D eigenvalue weighted by Gasteiger charge is 2.19. The summed E-state index contributed by atoms with van der Waals surface area (Å²) in [4.78, 5) is 49.6.